The van der Waals surface area contributed by atoms with E-state index in [1.165, 1.54) is 23.5 Å². The molecule has 16 heavy (non-hydrogen) atoms. The van der Waals surface area contributed by atoms with Gasteiger partial charge in [-0.1, -0.05) is 6.07 Å². The van der Waals surface area contributed by atoms with Crippen LogP contribution in [0.15, 0.2) is 18.3 Å². The molecule has 0 spiro atoms. The summed E-state index contributed by atoms with van der Waals surface area (Å²) < 4.78 is 2.14. The van der Waals surface area contributed by atoms with Gasteiger partial charge in [0.1, 0.15) is 5.82 Å². The van der Waals surface area contributed by atoms with Crippen LogP contribution in [0.25, 0.3) is 5.65 Å². The van der Waals surface area contributed by atoms with E-state index < -0.39 is 0 Å². The minimum absolute atomic E-state index is 0.790. The highest BCUT2D eigenvalue weighted by molar-refractivity contribution is 7.99. The minimum Gasteiger partial charge on any atom is -0.286 e. The van der Waals surface area contributed by atoms with Crippen molar-refractivity contribution in [1.29, 1.82) is 0 Å². The Balaban J connectivity index is 1.93. The van der Waals surface area contributed by atoms with Crippen molar-refractivity contribution in [3.8, 4) is 0 Å². The molecule has 2 aromatic heterocycles. The Hall–Kier alpha value is -1.03. The van der Waals surface area contributed by atoms with Crippen LogP contribution < -0.4 is 0 Å². The molecule has 1 aliphatic rings. The Bertz CT molecular complexity index is 500. The zero-order valence-corrected chi connectivity index (χ0v) is 10.2. The molecular formula is C12H15N3S. The lowest BCUT2D eigenvalue weighted by atomic mass is 10.1. The highest BCUT2D eigenvalue weighted by atomic mass is 32.2. The SMILES string of the molecule is Cc1ccc2nnc(CC3CCSC3)n2c1. The molecule has 0 amide bonds. The molecule has 0 bridgehead atoms. The predicted molar refractivity (Wildman–Crippen MR) is 66.9 cm³/mol. The fraction of sp³-hybridized carbons (Fsp3) is 0.500. The van der Waals surface area contributed by atoms with E-state index >= 15 is 0 Å². The fourth-order valence-electron chi connectivity index (χ4n) is 2.19. The lowest BCUT2D eigenvalue weighted by Gasteiger charge is -2.06. The summed E-state index contributed by atoms with van der Waals surface area (Å²) in [7, 11) is 0. The Morgan fingerprint density at radius 3 is 3.19 bits per heavy atom. The number of fused-ring (bicyclic) bond motifs is 1. The molecule has 0 saturated carbocycles. The van der Waals surface area contributed by atoms with Gasteiger partial charge in [-0.05, 0) is 42.4 Å². The maximum absolute atomic E-state index is 4.30. The molecule has 2 aromatic rings. The standard InChI is InChI=1S/C12H15N3S/c1-9-2-3-11-13-14-12(15(11)7-9)6-10-4-5-16-8-10/h2-3,7,10H,4-6,8H2,1H3. The number of nitrogens with zero attached hydrogens (tertiary/aromatic N) is 3. The summed E-state index contributed by atoms with van der Waals surface area (Å²) in [4.78, 5) is 0. The van der Waals surface area contributed by atoms with Crippen molar-refractivity contribution < 1.29 is 0 Å². The Kier molecular flexibility index (Phi) is 2.59. The van der Waals surface area contributed by atoms with Crippen molar-refractivity contribution in [3.63, 3.8) is 0 Å². The number of hydrogen-bond acceptors (Lipinski definition) is 3. The van der Waals surface area contributed by atoms with Crippen molar-refractivity contribution in [2.45, 2.75) is 19.8 Å². The quantitative estimate of drug-likeness (QED) is 0.797. The van der Waals surface area contributed by atoms with Crippen LogP contribution in [0.4, 0.5) is 0 Å². The van der Waals surface area contributed by atoms with Crippen LogP contribution in [0.5, 0.6) is 0 Å². The number of aromatic nitrogens is 3. The fourth-order valence-corrected chi connectivity index (χ4v) is 3.47. The normalized spacial score (nSPS) is 20.7. The Labute approximate surface area is 99.3 Å². The third-order valence-corrected chi connectivity index (χ3v) is 4.35. The van der Waals surface area contributed by atoms with E-state index in [0.29, 0.717) is 0 Å². The Morgan fingerprint density at radius 1 is 1.44 bits per heavy atom. The molecule has 1 unspecified atom stereocenters. The van der Waals surface area contributed by atoms with Crippen molar-refractivity contribution >= 4 is 17.4 Å². The summed E-state index contributed by atoms with van der Waals surface area (Å²) in [5, 5.41) is 8.51. The second-order valence-corrected chi connectivity index (χ2v) is 5.63. The molecule has 1 saturated heterocycles. The van der Waals surface area contributed by atoms with Gasteiger partial charge in [-0.2, -0.15) is 11.8 Å². The zero-order valence-electron chi connectivity index (χ0n) is 9.39. The molecule has 3 rings (SSSR count). The maximum atomic E-state index is 4.30. The van der Waals surface area contributed by atoms with Crippen LogP contribution in [0, 0.1) is 12.8 Å². The van der Waals surface area contributed by atoms with Gasteiger partial charge < -0.3 is 0 Å². The number of aryl methyl sites for hydroxylation is 1. The third-order valence-electron chi connectivity index (χ3n) is 3.12. The summed E-state index contributed by atoms with van der Waals surface area (Å²) in [6.07, 6.45) is 4.52. The molecule has 4 heteroatoms. The monoisotopic (exact) mass is 233 g/mol. The van der Waals surface area contributed by atoms with Crippen LogP contribution in [-0.2, 0) is 6.42 Å². The van der Waals surface area contributed by atoms with Crippen LogP contribution in [0.3, 0.4) is 0 Å². The first-order chi connectivity index (χ1) is 7.83. The first-order valence-electron chi connectivity index (χ1n) is 5.71. The van der Waals surface area contributed by atoms with E-state index in [4.69, 9.17) is 0 Å². The van der Waals surface area contributed by atoms with E-state index in [0.717, 1.165) is 23.8 Å². The van der Waals surface area contributed by atoms with Crippen LogP contribution in [0.1, 0.15) is 17.8 Å². The molecule has 0 aromatic carbocycles. The smallest absolute Gasteiger partial charge is 0.160 e. The maximum Gasteiger partial charge on any atom is 0.160 e. The van der Waals surface area contributed by atoms with Gasteiger partial charge in [0, 0.05) is 12.6 Å². The van der Waals surface area contributed by atoms with E-state index in [-0.39, 0.29) is 0 Å². The number of thioether (sulfide) groups is 1. The first-order valence-corrected chi connectivity index (χ1v) is 6.86. The summed E-state index contributed by atoms with van der Waals surface area (Å²) in [6, 6.07) is 4.12. The molecule has 1 fully saturated rings. The van der Waals surface area contributed by atoms with Crippen LogP contribution in [0.2, 0.25) is 0 Å². The number of hydrogen-bond donors (Lipinski definition) is 0. The highest BCUT2D eigenvalue weighted by Gasteiger charge is 2.18. The molecule has 1 aliphatic heterocycles. The van der Waals surface area contributed by atoms with E-state index in [9.17, 15) is 0 Å². The van der Waals surface area contributed by atoms with Crippen molar-refractivity contribution in [1.82, 2.24) is 14.6 Å². The topological polar surface area (TPSA) is 30.2 Å². The molecule has 3 nitrogen and oxygen atoms in total. The largest absolute Gasteiger partial charge is 0.286 e. The van der Waals surface area contributed by atoms with E-state index in [1.807, 2.05) is 6.07 Å². The lowest BCUT2D eigenvalue weighted by molar-refractivity contribution is 0.572. The number of rotatable bonds is 2. The summed E-state index contributed by atoms with van der Waals surface area (Å²) in [5.74, 6) is 4.49. The van der Waals surface area contributed by atoms with Crippen LogP contribution in [-0.4, -0.2) is 26.1 Å². The highest BCUT2D eigenvalue weighted by Crippen LogP contribution is 2.26. The molecular weight excluding hydrogens is 218 g/mol. The summed E-state index contributed by atoms with van der Waals surface area (Å²) >= 11 is 2.06. The van der Waals surface area contributed by atoms with Gasteiger partial charge in [0.05, 0.1) is 0 Å². The zero-order chi connectivity index (χ0) is 11.0. The van der Waals surface area contributed by atoms with Crippen molar-refractivity contribution in [2.75, 3.05) is 11.5 Å². The molecule has 0 radical (unpaired) electrons. The average molecular weight is 233 g/mol. The van der Waals surface area contributed by atoms with E-state index in [2.05, 4.69) is 45.5 Å². The van der Waals surface area contributed by atoms with Crippen LogP contribution >= 0.6 is 11.8 Å². The van der Waals surface area contributed by atoms with Gasteiger partial charge in [0.25, 0.3) is 0 Å². The third kappa shape index (κ3) is 1.82. The molecule has 84 valence electrons. The summed E-state index contributed by atoms with van der Waals surface area (Å²) in [5.41, 5.74) is 2.22. The second-order valence-electron chi connectivity index (χ2n) is 4.48. The number of pyridine rings is 1. The molecule has 0 aliphatic carbocycles. The van der Waals surface area contributed by atoms with Gasteiger partial charge in [-0.15, -0.1) is 10.2 Å². The summed E-state index contributed by atoms with van der Waals surface area (Å²) in [6.45, 7) is 2.11. The Morgan fingerprint density at radius 2 is 2.38 bits per heavy atom. The van der Waals surface area contributed by atoms with Crippen molar-refractivity contribution in [2.24, 2.45) is 5.92 Å². The van der Waals surface area contributed by atoms with Gasteiger partial charge in [0.15, 0.2) is 5.65 Å². The van der Waals surface area contributed by atoms with Gasteiger partial charge in [-0.3, -0.25) is 4.40 Å². The average Bonchev–Trinajstić information content (AvgIpc) is 2.90. The second kappa shape index (κ2) is 4.09. The van der Waals surface area contributed by atoms with Gasteiger partial charge in [0.2, 0.25) is 0 Å². The predicted octanol–water partition coefficient (Wildman–Crippen LogP) is 2.33. The minimum atomic E-state index is 0.790. The molecule has 1 atom stereocenters. The van der Waals surface area contributed by atoms with Gasteiger partial charge >= 0.3 is 0 Å². The molecule has 0 N–H and O–H groups in total. The first kappa shape index (κ1) is 10.1. The molecule has 3 heterocycles. The van der Waals surface area contributed by atoms with Crippen molar-refractivity contribution in [3.05, 3.63) is 29.7 Å². The van der Waals surface area contributed by atoms with E-state index in [1.54, 1.807) is 0 Å². The van der Waals surface area contributed by atoms with Gasteiger partial charge in [-0.25, -0.2) is 0 Å². The lowest BCUT2D eigenvalue weighted by Crippen LogP contribution is -2.06.